The Morgan fingerprint density at radius 1 is 1.18 bits per heavy atom. The maximum atomic E-state index is 14.9. The Bertz CT molecular complexity index is 1240. The summed E-state index contributed by atoms with van der Waals surface area (Å²) in [6.07, 6.45) is 0.886. The summed E-state index contributed by atoms with van der Waals surface area (Å²) in [5.74, 6) is -1.42. The van der Waals surface area contributed by atoms with Crippen molar-refractivity contribution in [2.24, 2.45) is 0 Å². The van der Waals surface area contributed by atoms with Gasteiger partial charge in [0.2, 0.25) is 5.95 Å². The lowest BCUT2D eigenvalue weighted by Crippen LogP contribution is -2.48. The molecule has 1 aromatic carbocycles. The molecule has 4 heterocycles. The molecule has 3 N–H and O–H groups in total. The van der Waals surface area contributed by atoms with Gasteiger partial charge in [-0.25, -0.2) is 18.7 Å². The van der Waals surface area contributed by atoms with Gasteiger partial charge >= 0.3 is 0 Å². The van der Waals surface area contributed by atoms with Crippen LogP contribution in [-0.4, -0.2) is 56.3 Å². The second kappa shape index (κ2) is 8.07. The van der Waals surface area contributed by atoms with Gasteiger partial charge in [-0.1, -0.05) is 11.6 Å². The second-order valence-corrected chi connectivity index (χ2v) is 9.10. The van der Waals surface area contributed by atoms with Gasteiger partial charge in [0.15, 0.2) is 12.1 Å². The molecule has 11 heteroatoms. The molecular formula is C22H21ClF2N4O4. The zero-order valence-corrected chi connectivity index (χ0v) is 18.5. The smallest absolute Gasteiger partial charge is 0.223 e. The number of nitrogens with one attached hydrogen (secondary N) is 1. The summed E-state index contributed by atoms with van der Waals surface area (Å²) in [5.41, 5.74) is -1.04. The van der Waals surface area contributed by atoms with Gasteiger partial charge in [0.25, 0.3) is 0 Å². The molecule has 2 aromatic heterocycles. The number of anilines is 1. The van der Waals surface area contributed by atoms with Crippen LogP contribution in [0, 0.1) is 11.6 Å². The average Bonchev–Trinajstić information content (AvgIpc) is 3.16. The second-order valence-electron chi connectivity index (χ2n) is 8.73. The highest BCUT2D eigenvalue weighted by Gasteiger charge is 2.43. The van der Waals surface area contributed by atoms with E-state index in [1.54, 1.807) is 0 Å². The number of rotatable bonds is 4. The zero-order valence-electron chi connectivity index (χ0n) is 17.7. The van der Waals surface area contributed by atoms with Crippen molar-refractivity contribution < 1.29 is 28.5 Å². The van der Waals surface area contributed by atoms with Crippen molar-refractivity contribution in [1.82, 2.24) is 15.0 Å². The van der Waals surface area contributed by atoms with E-state index < -0.39 is 35.7 Å². The Morgan fingerprint density at radius 2 is 1.97 bits per heavy atom. The van der Waals surface area contributed by atoms with Crippen LogP contribution in [0.2, 0.25) is 5.02 Å². The van der Waals surface area contributed by atoms with Crippen molar-refractivity contribution >= 4 is 28.5 Å². The van der Waals surface area contributed by atoms with Crippen molar-refractivity contribution in [3.8, 4) is 11.3 Å². The van der Waals surface area contributed by atoms with Crippen LogP contribution in [0.3, 0.4) is 0 Å². The third-order valence-corrected chi connectivity index (χ3v) is 6.24. The highest BCUT2D eigenvalue weighted by Crippen LogP contribution is 2.36. The summed E-state index contributed by atoms with van der Waals surface area (Å²) in [7, 11) is 0. The molecule has 8 nitrogen and oxygen atoms in total. The van der Waals surface area contributed by atoms with E-state index in [0.29, 0.717) is 18.6 Å². The minimum atomic E-state index is -1.31. The predicted molar refractivity (Wildman–Crippen MR) is 116 cm³/mol. The van der Waals surface area contributed by atoms with Crippen molar-refractivity contribution in [3.63, 3.8) is 0 Å². The van der Waals surface area contributed by atoms with Crippen LogP contribution < -0.4 is 5.32 Å². The molecule has 2 fully saturated rings. The lowest BCUT2D eigenvalue weighted by Gasteiger charge is -2.32. The maximum absolute atomic E-state index is 14.9. The van der Waals surface area contributed by atoms with E-state index >= 15 is 0 Å². The van der Waals surface area contributed by atoms with Crippen molar-refractivity contribution in [2.75, 3.05) is 11.9 Å². The van der Waals surface area contributed by atoms with Crippen LogP contribution in [0.5, 0.6) is 0 Å². The number of hydrogen-bond acceptors (Lipinski definition) is 8. The van der Waals surface area contributed by atoms with Crippen LogP contribution in [0.4, 0.5) is 14.7 Å². The molecule has 3 aromatic rings. The van der Waals surface area contributed by atoms with E-state index in [0.717, 1.165) is 12.3 Å². The largest absolute Gasteiger partial charge is 0.386 e. The summed E-state index contributed by atoms with van der Waals surface area (Å²) in [5, 5.41) is 24.1. The summed E-state index contributed by atoms with van der Waals surface area (Å²) in [6.45, 7) is 3.45. The summed E-state index contributed by atoms with van der Waals surface area (Å²) in [4.78, 5) is 12.3. The van der Waals surface area contributed by atoms with Gasteiger partial charge in [-0.15, -0.1) is 0 Å². The fraction of sp³-hybridized carbons (Fsp3) is 0.409. The van der Waals surface area contributed by atoms with E-state index in [1.807, 2.05) is 0 Å². The Balaban J connectivity index is 1.53. The lowest BCUT2D eigenvalue weighted by atomic mass is 9.97. The average molecular weight is 479 g/mol. The molecule has 5 rings (SSSR count). The van der Waals surface area contributed by atoms with Crippen molar-refractivity contribution in [3.05, 3.63) is 46.7 Å². The standard InChI is InChI=1S/C22H21ClF2N4O4/c1-22(2,31)12-6-26-18-11(16(12)23)3-9(4-13(18)24)17-14(25)7-27-21(29-17)28-15-5-10-8-32-20(33-10)19(15)30/h3-4,6-7,10,15,19-20,30-31H,5,8H2,1-2H3,(H,27,28,29)/t10-,15+,19-,20+/m0/s1. The highest BCUT2D eigenvalue weighted by atomic mass is 35.5. The number of pyridine rings is 1. The first-order valence-corrected chi connectivity index (χ1v) is 10.7. The first-order chi connectivity index (χ1) is 15.6. The first-order valence-electron chi connectivity index (χ1n) is 10.4. The zero-order chi connectivity index (χ0) is 23.5. The van der Waals surface area contributed by atoms with Crippen LogP contribution in [0.25, 0.3) is 22.2 Å². The van der Waals surface area contributed by atoms with E-state index in [2.05, 4.69) is 20.3 Å². The molecule has 2 aliphatic rings. The molecule has 2 saturated heterocycles. The summed E-state index contributed by atoms with van der Waals surface area (Å²) in [6, 6.07) is 2.12. The van der Waals surface area contributed by atoms with Gasteiger partial charge in [0, 0.05) is 22.7 Å². The molecular weight excluding hydrogens is 458 g/mol. The van der Waals surface area contributed by atoms with E-state index in [-0.39, 0.29) is 39.2 Å². The number of fused-ring (bicyclic) bond motifs is 3. The topological polar surface area (TPSA) is 110 Å². The molecule has 4 atom stereocenters. The number of halogens is 3. The molecule has 2 bridgehead atoms. The molecule has 0 spiro atoms. The number of hydrogen-bond donors (Lipinski definition) is 3. The maximum Gasteiger partial charge on any atom is 0.223 e. The predicted octanol–water partition coefficient (Wildman–Crippen LogP) is 3.14. The number of ether oxygens (including phenoxy) is 2. The molecule has 33 heavy (non-hydrogen) atoms. The van der Waals surface area contributed by atoms with Crippen LogP contribution in [0.15, 0.2) is 24.5 Å². The molecule has 0 amide bonds. The third-order valence-electron chi connectivity index (χ3n) is 5.83. The SMILES string of the molecule is CC(C)(O)c1cnc2c(F)cc(-c3nc(N[C@@H]4C[C@H]5CO[C@H](O5)[C@H]4O)ncc3F)cc2c1Cl. The Labute approximate surface area is 192 Å². The lowest BCUT2D eigenvalue weighted by molar-refractivity contribution is -0.156. The number of nitrogens with zero attached hydrogens (tertiary/aromatic N) is 3. The molecule has 174 valence electrons. The Kier molecular flexibility index (Phi) is 5.45. The minimum Gasteiger partial charge on any atom is -0.386 e. The van der Waals surface area contributed by atoms with Crippen LogP contribution in [-0.2, 0) is 15.1 Å². The molecule has 0 radical (unpaired) electrons. The van der Waals surface area contributed by atoms with Crippen molar-refractivity contribution in [2.45, 2.75) is 50.4 Å². The Hall–Kier alpha value is -2.50. The van der Waals surface area contributed by atoms with E-state index in [9.17, 15) is 19.0 Å². The van der Waals surface area contributed by atoms with E-state index in [4.69, 9.17) is 21.1 Å². The summed E-state index contributed by atoms with van der Waals surface area (Å²) >= 11 is 6.45. The quantitative estimate of drug-likeness (QED) is 0.524. The van der Waals surface area contributed by atoms with Gasteiger partial charge in [0.1, 0.15) is 23.1 Å². The van der Waals surface area contributed by atoms with Gasteiger partial charge in [-0.2, -0.15) is 0 Å². The molecule has 0 unspecified atom stereocenters. The molecule has 0 saturated carbocycles. The number of aliphatic hydroxyl groups is 2. The number of aliphatic hydroxyl groups excluding tert-OH is 1. The van der Waals surface area contributed by atoms with Gasteiger partial charge in [-0.3, -0.25) is 4.98 Å². The van der Waals surface area contributed by atoms with Gasteiger partial charge in [-0.05, 0) is 32.4 Å². The van der Waals surface area contributed by atoms with Gasteiger partial charge < -0.3 is 25.0 Å². The normalized spacial score (nSPS) is 24.9. The van der Waals surface area contributed by atoms with E-state index in [1.165, 1.54) is 26.1 Å². The highest BCUT2D eigenvalue weighted by molar-refractivity contribution is 6.36. The fourth-order valence-electron chi connectivity index (χ4n) is 4.13. The number of aromatic nitrogens is 3. The van der Waals surface area contributed by atoms with Gasteiger partial charge in [0.05, 0.1) is 35.6 Å². The molecule has 0 aliphatic carbocycles. The minimum absolute atomic E-state index is 0.00892. The van der Waals surface area contributed by atoms with Crippen molar-refractivity contribution in [1.29, 1.82) is 0 Å². The van der Waals surface area contributed by atoms with Crippen LogP contribution >= 0.6 is 11.6 Å². The Morgan fingerprint density at radius 3 is 2.73 bits per heavy atom. The fourth-order valence-corrected chi connectivity index (χ4v) is 4.55. The number of benzene rings is 1. The first kappa shape index (κ1) is 22.3. The molecule has 2 aliphatic heterocycles. The van der Waals surface area contributed by atoms with Crippen LogP contribution in [0.1, 0.15) is 25.8 Å². The third kappa shape index (κ3) is 4.02. The monoisotopic (exact) mass is 478 g/mol. The summed E-state index contributed by atoms with van der Waals surface area (Å²) < 4.78 is 40.4.